The number of nitrogens with zero attached hydrogens (tertiary/aromatic N) is 5. The third kappa shape index (κ3) is 4.96. The molecule has 2 saturated heterocycles. The molecule has 1 atom stereocenters. The number of aryl methyl sites for hydroxylation is 2. The maximum absolute atomic E-state index is 13.4. The molecular weight excluding hydrogens is 457 g/mol. The first-order valence-corrected chi connectivity index (χ1v) is 13.1. The number of likely N-dealkylation sites (tertiary alicyclic amines) is 2. The summed E-state index contributed by atoms with van der Waals surface area (Å²) in [6, 6.07) is 10.1. The van der Waals surface area contributed by atoms with E-state index in [1.165, 1.54) is 0 Å². The zero-order valence-electron chi connectivity index (χ0n) is 21.3. The fraction of sp³-hybridized carbons (Fsp3) is 0.536. The zero-order valence-corrected chi connectivity index (χ0v) is 21.3. The number of carbonyl (C=O) groups is 1. The van der Waals surface area contributed by atoms with Gasteiger partial charge in [-0.1, -0.05) is 12.1 Å². The van der Waals surface area contributed by atoms with Gasteiger partial charge < -0.3 is 18.9 Å². The molecule has 4 heterocycles. The number of benzene rings is 1. The van der Waals surface area contributed by atoms with Crippen molar-refractivity contribution in [1.82, 2.24) is 23.9 Å². The Balaban J connectivity index is 1.36. The molecule has 0 N–H and O–H groups in total. The van der Waals surface area contributed by atoms with Crippen LogP contribution in [0.25, 0.3) is 22.4 Å². The predicted molar refractivity (Wildman–Crippen MR) is 140 cm³/mol. The number of aromatic nitrogens is 3. The minimum absolute atomic E-state index is 0.00151. The van der Waals surface area contributed by atoms with E-state index in [9.17, 15) is 14.0 Å². The highest BCUT2D eigenvalue weighted by Gasteiger charge is 2.32. The molecule has 3 aromatic rings. The molecule has 2 fully saturated rings. The Morgan fingerprint density at radius 3 is 2.67 bits per heavy atom. The van der Waals surface area contributed by atoms with Crippen LogP contribution in [0.15, 0.2) is 41.3 Å². The van der Waals surface area contributed by atoms with Crippen molar-refractivity contribution in [2.75, 3.05) is 39.4 Å². The van der Waals surface area contributed by atoms with Gasteiger partial charge in [0, 0.05) is 56.5 Å². The number of imidazole rings is 1. The summed E-state index contributed by atoms with van der Waals surface area (Å²) >= 11 is 0. The molecule has 0 aliphatic carbocycles. The molecule has 8 heteroatoms. The second-order valence-electron chi connectivity index (χ2n) is 10.5. The summed E-state index contributed by atoms with van der Waals surface area (Å²) in [5.41, 5.74) is 3.62. The van der Waals surface area contributed by atoms with E-state index >= 15 is 0 Å². The van der Waals surface area contributed by atoms with Crippen LogP contribution in [0.2, 0.25) is 0 Å². The molecule has 192 valence electrons. The summed E-state index contributed by atoms with van der Waals surface area (Å²) in [5.74, 6) is 1.51. The highest BCUT2D eigenvalue weighted by molar-refractivity contribution is 5.81. The first kappa shape index (κ1) is 24.7. The lowest BCUT2D eigenvalue weighted by atomic mass is 9.92. The second-order valence-corrected chi connectivity index (χ2v) is 10.5. The van der Waals surface area contributed by atoms with Gasteiger partial charge >= 0.3 is 0 Å². The van der Waals surface area contributed by atoms with Crippen molar-refractivity contribution in [3.63, 3.8) is 0 Å². The van der Waals surface area contributed by atoms with Gasteiger partial charge in [0.15, 0.2) is 0 Å². The lowest BCUT2D eigenvalue weighted by Gasteiger charge is -2.38. The van der Waals surface area contributed by atoms with Crippen LogP contribution in [-0.4, -0.2) is 69.2 Å². The number of para-hydroxylation sites is 2. The Labute approximate surface area is 211 Å². The van der Waals surface area contributed by atoms with Crippen LogP contribution in [0.1, 0.15) is 31.2 Å². The highest BCUT2D eigenvalue weighted by Crippen LogP contribution is 2.29. The topological polar surface area (TPSA) is 63.4 Å². The van der Waals surface area contributed by atoms with Gasteiger partial charge in [-0.3, -0.25) is 9.59 Å². The van der Waals surface area contributed by atoms with Crippen LogP contribution < -0.4 is 5.56 Å². The lowest BCUT2D eigenvalue weighted by molar-refractivity contribution is -0.139. The van der Waals surface area contributed by atoms with Gasteiger partial charge in [0.05, 0.1) is 11.0 Å². The molecule has 1 amide bonds. The largest absolute Gasteiger partial charge is 0.342 e. The van der Waals surface area contributed by atoms with E-state index in [0.717, 1.165) is 80.8 Å². The van der Waals surface area contributed by atoms with Crippen molar-refractivity contribution in [3.05, 3.63) is 52.4 Å². The molecule has 2 aromatic heterocycles. The Bertz CT molecular complexity index is 1260. The maximum atomic E-state index is 13.4. The fourth-order valence-corrected chi connectivity index (χ4v) is 5.93. The molecule has 36 heavy (non-hydrogen) atoms. The first-order valence-electron chi connectivity index (χ1n) is 13.1. The van der Waals surface area contributed by atoms with Crippen LogP contribution >= 0.6 is 0 Å². The number of fused-ring (bicyclic) bond motifs is 1. The third-order valence-electron chi connectivity index (χ3n) is 7.88. The quantitative estimate of drug-likeness (QED) is 0.526. The van der Waals surface area contributed by atoms with Crippen molar-refractivity contribution in [2.45, 2.75) is 39.2 Å². The summed E-state index contributed by atoms with van der Waals surface area (Å²) in [6.45, 7) is 5.95. The first-order chi connectivity index (χ1) is 17.4. The summed E-state index contributed by atoms with van der Waals surface area (Å²) in [7, 11) is 1.78. The molecule has 2 aliphatic rings. The molecule has 0 radical (unpaired) electrons. The summed E-state index contributed by atoms with van der Waals surface area (Å²) in [4.78, 5) is 34.8. The average Bonchev–Trinajstić information content (AvgIpc) is 3.25. The zero-order chi connectivity index (χ0) is 25.2. The monoisotopic (exact) mass is 493 g/mol. The molecular formula is C28H36FN5O2. The number of halogens is 1. The molecule has 5 rings (SSSR count). The molecule has 0 spiro atoms. The van der Waals surface area contributed by atoms with E-state index in [2.05, 4.69) is 20.4 Å². The Kier molecular flexibility index (Phi) is 7.23. The van der Waals surface area contributed by atoms with E-state index in [4.69, 9.17) is 4.98 Å². The number of hydrogen-bond acceptors (Lipinski definition) is 4. The normalized spacial score (nSPS) is 19.8. The SMILES string of the molecule is Cc1cc(-c2nc3ccccc3n2C[C@@H]2CCCN(C(=O)C3CCN(CCF)CC3)C2)cn(C)c1=O. The van der Waals surface area contributed by atoms with E-state index in [-0.39, 0.29) is 24.1 Å². The van der Waals surface area contributed by atoms with Gasteiger partial charge in [-0.05, 0) is 69.8 Å². The van der Waals surface area contributed by atoms with E-state index in [1.807, 2.05) is 37.4 Å². The molecule has 1 aromatic carbocycles. The fourth-order valence-electron chi connectivity index (χ4n) is 5.93. The van der Waals surface area contributed by atoms with E-state index < -0.39 is 0 Å². The Morgan fingerprint density at radius 1 is 1.14 bits per heavy atom. The predicted octanol–water partition coefficient (Wildman–Crippen LogP) is 3.63. The van der Waals surface area contributed by atoms with Crippen molar-refractivity contribution in [3.8, 4) is 11.4 Å². The van der Waals surface area contributed by atoms with Gasteiger partial charge in [-0.2, -0.15) is 0 Å². The number of alkyl halides is 1. The summed E-state index contributed by atoms with van der Waals surface area (Å²) in [6.07, 6.45) is 5.57. The lowest BCUT2D eigenvalue weighted by Crippen LogP contribution is -2.47. The summed E-state index contributed by atoms with van der Waals surface area (Å²) in [5, 5.41) is 0. The number of amides is 1. The number of rotatable bonds is 6. The van der Waals surface area contributed by atoms with Crippen molar-refractivity contribution < 1.29 is 9.18 Å². The van der Waals surface area contributed by atoms with Gasteiger partial charge in [0.1, 0.15) is 12.5 Å². The van der Waals surface area contributed by atoms with Crippen molar-refractivity contribution in [1.29, 1.82) is 0 Å². The van der Waals surface area contributed by atoms with Crippen LogP contribution in [0.5, 0.6) is 0 Å². The molecule has 0 unspecified atom stereocenters. The van der Waals surface area contributed by atoms with Gasteiger partial charge in [0.2, 0.25) is 5.91 Å². The third-order valence-corrected chi connectivity index (χ3v) is 7.88. The Hall–Kier alpha value is -3.00. The molecule has 0 bridgehead atoms. The number of piperidine rings is 2. The number of hydrogen-bond donors (Lipinski definition) is 0. The Morgan fingerprint density at radius 2 is 1.92 bits per heavy atom. The average molecular weight is 494 g/mol. The number of pyridine rings is 1. The smallest absolute Gasteiger partial charge is 0.253 e. The van der Waals surface area contributed by atoms with E-state index in [0.29, 0.717) is 18.0 Å². The number of carbonyl (C=O) groups excluding carboxylic acids is 1. The van der Waals surface area contributed by atoms with Crippen LogP contribution in [0, 0.1) is 18.8 Å². The maximum Gasteiger partial charge on any atom is 0.253 e. The van der Waals surface area contributed by atoms with Crippen LogP contribution in [-0.2, 0) is 18.4 Å². The molecule has 2 aliphatic heterocycles. The van der Waals surface area contributed by atoms with Gasteiger partial charge in [-0.15, -0.1) is 0 Å². The van der Waals surface area contributed by atoms with Crippen LogP contribution in [0.3, 0.4) is 0 Å². The molecule has 0 saturated carbocycles. The minimum atomic E-state index is -0.323. The van der Waals surface area contributed by atoms with Crippen LogP contribution in [0.4, 0.5) is 4.39 Å². The van der Waals surface area contributed by atoms with Gasteiger partial charge in [-0.25, -0.2) is 9.37 Å². The minimum Gasteiger partial charge on any atom is -0.342 e. The van der Waals surface area contributed by atoms with Gasteiger partial charge in [0.25, 0.3) is 5.56 Å². The standard InChI is InChI=1S/C28H36FN5O2/c1-20-16-23(19-31(2)27(20)35)26-30-24-7-3-4-8-25(24)34(26)18-21-6-5-12-33(17-21)28(36)22-9-13-32(14-10-22)15-11-29/h3-4,7-8,16,19,21-22H,5-6,9-15,17-18H2,1-2H3/t21-/m1/s1. The van der Waals surface area contributed by atoms with Crippen molar-refractivity contribution in [2.24, 2.45) is 18.9 Å². The second kappa shape index (κ2) is 10.5. The summed E-state index contributed by atoms with van der Waals surface area (Å²) < 4.78 is 16.6. The molecule has 7 nitrogen and oxygen atoms in total. The highest BCUT2D eigenvalue weighted by atomic mass is 19.1. The van der Waals surface area contributed by atoms with Crippen molar-refractivity contribution >= 4 is 16.9 Å². The van der Waals surface area contributed by atoms with E-state index in [1.54, 1.807) is 11.6 Å².